The SMILES string of the molecule is CC(C1C[N]CCN1C)N(C)C. The van der Waals surface area contributed by atoms with Crippen LogP contribution in [0.3, 0.4) is 0 Å². The van der Waals surface area contributed by atoms with Gasteiger partial charge in [0.15, 0.2) is 0 Å². The number of hydrogen-bond donors (Lipinski definition) is 0. The van der Waals surface area contributed by atoms with Crippen LogP contribution >= 0.6 is 0 Å². The van der Waals surface area contributed by atoms with Crippen molar-refractivity contribution in [3.05, 3.63) is 0 Å². The van der Waals surface area contributed by atoms with Crippen molar-refractivity contribution in [2.45, 2.75) is 19.0 Å². The van der Waals surface area contributed by atoms with Gasteiger partial charge in [-0.15, -0.1) is 0 Å². The second kappa shape index (κ2) is 4.21. The summed E-state index contributed by atoms with van der Waals surface area (Å²) >= 11 is 0. The van der Waals surface area contributed by atoms with E-state index in [-0.39, 0.29) is 0 Å². The standard InChI is InChI=1S/C9H20N3/c1-8(11(2)3)9-7-10-5-6-12(9)4/h8-9H,5-7H2,1-4H3. The lowest BCUT2D eigenvalue weighted by atomic mass is 10.1. The van der Waals surface area contributed by atoms with Crippen molar-refractivity contribution in [1.29, 1.82) is 0 Å². The number of hydrogen-bond acceptors (Lipinski definition) is 2. The average molecular weight is 170 g/mol. The quantitative estimate of drug-likeness (QED) is 0.575. The van der Waals surface area contributed by atoms with Crippen LogP contribution in [0.25, 0.3) is 0 Å². The van der Waals surface area contributed by atoms with E-state index in [2.05, 4.69) is 43.2 Å². The number of likely N-dealkylation sites (N-methyl/N-ethyl adjacent to an activating group) is 2. The van der Waals surface area contributed by atoms with Crippen LogP contribution in [-0.2, 0) is 0 Å². The van der Waals surface area contributed by atoms with Gasteiger partial charge in [0.1, 0.15) is 0 Å². The second-order valence-corrected chi connectivity index (χ2v) is 3.88. The third-order valence-corrected chi connectivity index (χ3v) is 2.86. The molecule has 71 valence electrons. The van der Waals surface area contributed by atoms with Gasteiger partial charge < -0.3 is 4.90 Å². The summed E-state index contributed by atoms with van der Waals surface area (Å²) in [4.78, 5) is 4.68. The van der Waals surface area contributed by atoms with Crippen LogP contribution in [0.4, 0.5) is 0 Å². The molecule has 0 bridgehead atoms. The van der Waals surface area contributed by atoms with Gasteiger partial charge in [0.2, 0.25) is 0 Å². The van der Waals surface area contributed by atoms with Gasteiger partial charge in [0, 0.05) is 31.7 Å². The van der Waals surface area contributed by atoms with Crippen LogP contribution in [0.5, 0.6) is 0 Å². The Kier molecular flexibility index (Phi) is 3.50. The Morgan fingerprint density at radius 3 is 2.67 bits per heavy atom. The molecule has 0 aromatic rings. The van der Waals surface area contributed by atoms with E-state index in [1.165, 1.54) is 0 Å². The van der Waals surface area contributed by atoms with Crippen LogP contribution in [0.15, 0.2) is 0 Å². The van der Waals surface area contributed by atoms with Crippen molar-refractivity contribution < 1.29 is 0 Å². The number of nitrogens with zero attached hydrogens (tertiary/aromatic N) is 3. The molecular formula is C9H20N3. The molecule has 1 heterocycles. The Bertz CT molecular complexity index is 136. The summed E-state index contributed by atoms with van der Waals surface area (Å²) in [6, 6.07) is 1.20. The predicted molar refractivity (Wildman–Crippen MR) is 51.4 cm³/mol. The van der Waals surface area contributed by atoms with Crippen molar-refractivity contribution in [2.24, 2.45) is 0 Å². The van der Waals surface area contributed by atoms with Crippen LogP contribution in [-0.4, -0.2) is 62.7 Å². The lowest BCUT2D eigenvalue weighted by Gasteiger charge is -2.38. The van der Waals surface area contributed by atoms with Gasteiger partial charge in [0.05, 0.1) is 0 Å². The first-order chi connectivity index (χ1) is 5.63. The average Bonchev–Trinajstić information content (AvgIpc) is 2.04. The molecule has 12 heavy (non-hydrogen) atoms. The van der Waals surface area contributed by atoms with Gasteiger partial charge in [-0.05, 0) is 28.1 Å². The maximum absolute atomic E-state index is 4.44. The third kappa shape index (κ3) is 2.19. The Hall–Kier alpha value is -0.120. The van der Waals surface area contributed by atoms with E-state index in [1.807, 2.05) is 0 Å². The first-order valence-corrected chi connectivity index (χ1v) is 4.63. The van der Waals surface area contributed by atoms with Crippen LogP contribution < -0.4 is 5.32 Å². The van der Waals surface area contributed by atoms with E-state index in [0.29, 0.717) is 12.1 Å². The minimum Gasteiger partial charge on any atom is -0.305 e. The molecular weight excluding hydrogens is 150 g/mol. The molecule has 0 saturated carbocycles. The predicted octanol–water partition coefficient (Wildman–Crippen LogP) is -0.145. The molecule has 0 N–H and O–H groups in total. The van der Waals surface area contributed by atoms with E-state index >= 15 is 0 Å². The van der Waals surface area contributed by atoms with E-state index in [1.54, 1.807) is 0 Å². The Balaban J connectivity index is 2.47. The molecule has 1 saturated heterocycles. The molecule has 0 aromatic carbocycles. The fourth-order valence-corrected chi connectivity index (χ4v) is 1.62. The Morgan fingerprint density at radius 1 is 1.50 bits per heavy atom. The fraction of sp³-hybridized carbons (Fsp3) is 1.00. The summed E-state index contributed by atoms with van der Waals surface area (Å²) in [7, 11) is 6.46. The number of piperazine rings is 1. The summed E-state index contributed by atoms with van der Waals surface area (Å²) in [5.41, 5.74) is 0. The number of rotatable bonds is 2. The van der Waals surface area contributed by atoms with Gasteiger partial charge in [-0.1, -0.05) is 0 Å². The lowest BCUT2D eigenvalue weighted by molar-refractivity contribution is 0.115. The minimum absolute atomic E-state index is 0.596. The fourth-order valence-electron chi connectivity index (χ4n) is 1.62. The van der Waals surface area contributed by atoms with Gasteiger partial charge in [-0.3, -0.25) is 4.90 Å². The van der Waals surface area contributed by atoms with E-state index in [4.69, 9.17) is 0 Å². The van der Waals surface area contributed by atoms with E-state index in [9.17, 15) is 0 Å². The summed E-state index contributed by atoms with van der Waals surface area (Å²) in [5, 5.41) is 4.44. The lowest BCUT2D eigenvalue weighted by Crippen LogP contribution is -2.55. The zero-order chi connectivity index (χ0) is 9.14. The molecule has 0 aromatic heterocycles. The molecule has 2 unspecified atom stereocenters. The van der Waals surface area contributed by atoms with Crippen LogP contribution in [0, 0.1) is 0 Å². The van der Waals surface area contributed by atoms with E-state index in [0.717, 1.165) is 19.6 Å². The molecule has 0 amide bonds. The van der Waals surface area contributed by atoms with Gasteiger partial charge >= 0.3 is 0 Å². The summed E-state index contributed by atoms with van der Waals surface area (Å²) in [6.45, 7) is 5.38. The molecule has 1 fully saturated rings. The molecule has 3 heteroatoms. The maximum Gasteiger partial charge on any atom is 0.0387 e. The smallest absolute Gasteiger partial charge is 0.0387 e. The van der Waals surface area contributed by atoms with Crippen molar-refractivity contribution in [3.8, 4) is 0 Å². The van der Waals surface area contributed by atoms with E-state index < -0.39 is 0 Å². The monoisotopic (exact) mass is 170 g/mol. The first kappa shape index (κ1) is 9.96. The largest absolute Gasteiger partial charge is 0.305 e. The molecule has 0 aliphatic carbocycles. The molecule has 1 radical (unpaired) electrons. The topological polar surface area (TPSA) is 20.6 Å². The van der Waals surface area contributed by atoms with Crippen LogP contribution in [0.2, 0.25) is 0 Å². The highest BCUT2D eigenvalue weighted by Crippen LogP contribution is 2.09. The van der Waals surface area contributed by atoms with Gasteiger partial charge in [-0.25, -0.2) is 5.32 Å². The first-order valence-electron chi connectivity index (χ1n) is 4.63. The molecule has 1 aliphatic heterocycles. The highest BCUT2D eigenvalue weighted by atomic mass is 15.2. The molecule has 1 aliphatic rings. The molecule has 0 spiro atoms. The van der Waals surface area contributed by atoms with Gasteiger partial charge in [-0.2, -0.15) is 0 Å². The normalized spacial score (nSPS) is 29.2. The second-order valence-electron chi connectivity index (χ2n) is 3.88. The van der Waals surface area contributed by atoms with Crippen molar-refractivity contribution >= 4 is 0 Å². The third-order valence-electron chi connectivity index (χ3n) is 2.86. The minimum atomic E-state index is 0.596. The van der Waals surface area contributed by atoms with Crippen LogP contribution in [0.1, 0.15) is 6.92 Å². The summed E-state index contributed by atoms with van der Waals surface area (Å²) in [6.07, 6.45) is 0. The highest BCUT2D eigenvalue weighted by Gasteiger charge is 2.25. The Morgan fingerprint density at radius 2 is 2.17 bits per heavy atom. The maximum atomic E-state index is 4.44. The molecule has 1 rings (SSSR count). The Labute approximate surface area is 75.7 Å². The molecule has 2 atom stereocenters. The van der Waals surface area contributed by atoms with Crippen molar-refractivity contribution in [1.82, 2.24) is 15.1 Å². The summed E-state index contributed by atoms with van der Waals surface area (Å²) < 4.78 is 0. The summed E-state index contributed by atoms with van der Waals surface area (Å²) in [5.74, 6) is 0. The van der Waals surface area contributed by atoms with Gasteiger partial charge in [0.25, 0.3) is 0 Å². The highest BCUT2D eigenvalue weighted by molar-refractivity contribution is 4.85. The zero-order valence-corrected chi connectivity index (χ0v) is 8.62. The van der Waals surface area contributed by atoms with Crippen molar-refractivity contribution in [3.63, 3.8) is 0 Å². The zero-order valence-electron chi connectivity index (χ0n) is 8.62. The molecule has 3 nitrogen and oxygen atoms in total. The van der Waals surface area contributed by atoms with Crippen molar-refractivity contribution in [2.75, 3.05) is 40.8 Å².